The number of aliphatic hydroxyl groups is 1. The van der Waals surface area contributed by atoms with Crippen molar-refractivity contribution in [3.8, 4) is 0 Å². The molecule has 1 aliphatic heterocycles. The summed E-state index contributed by atoms with van der Waals surface area (Å²) in [6.07, 6.45) is -4.56. The van der Waals surface area contributed by atoms with E-state index in [4.69, 9.17) is 5.11 Å². The van der Waals surface area contributed by atoms with E-state index in [1.165, 1.54) is 0 Å². The SMILES string of the molecule is C[C@@H](CO)Nc1nc(NCCN2CCN(C)CC2)cc(C(F)(F)F)n1. The van der Waals surface area contributed by atoms with Crippen molar-refractivity contribution < 1.29 is 18.3 Å². The molecule has 0 radical (unpaired) electrons. The van der Waals surface area contributed by atoms with Crippen LogP contribution in [0.1, 0.15) is 12.6 Å². The number of alkyl halides is 3. The molecule has 0 saturated carbocycles. The third kappa shape index (κ3) is 6.29. The van der Waals surface area contributed by atoms with E-state index in [0.717, 1.165) is 38.8 Å². The lowest BCUT2D eigenvalue weighted by molar-refractivity contribution is -0.141. The highest BCUT2D eigenvalue weighted by atomic mass is 19.4. The second-order valence-corrected chi connectivity index (χ2v) is 6.26. The molecule has 0 unspecified atom stereocenters. The summed E-state index contributed by atoms with van der Waals surface area (Å²) in [4.78, 5) is 12.0. The van der Waals surface area contributed by atoms with E-state index in [1.54, 1.807) is 6.92 Å². The number of aliphatic hydroxyl groups excluding tert-OH is 1. The van der Waals surface area contributed by atoms with Crippen LogP contribution in [0.3, 0.4) is 0 Å². The second-order valence-electron chi connectivity index (χ2n) is 6.26. The highest BCUT2D eigenvalue weighted by molar-refractivity contribution is 5.43. The number of anilines is 2. The van der Waals surface area contributed by atoms with Crippen LogP contribution in [0.15, 0.2) is 6.07 Å². The van der Waals surface area contributed by atoms with Crippen molar-refractivity contribution in [2.75, 3.05) is 63.6 Å². The van der Waals surface area contributed by atoms with E-state index in [-0.39, 0.29) is 18.4 Å². The topological polar surface area (TPSA) is 76.6 Å². The predicted octanol–water partition coefficient (Wildman–Crippen LogP) is 0.947. The summed E-state index contributed by atoms with van der Waals surface area (Å²) in [7, 11) is 2.07. The number of likely N-dealkylation sites (N-methyl/N-ethyl adjacent to an activating group) is 1. The summed E-state index contributed by atoms with van der Waals surface area (Å²) >= 11 is 0. The molecule has 1 fully saturated rings. The van der Waals surface area contributed by atoms with Crippen LogP contribution >= 0.6 is 0 Å². The van der Waals surface area contributed by atoms with Gasteiger partial charge in [0.2, 0.25) is 5.95 Å². The summed E-state index contributed by atoms with van der Waals surface area (Å²) in [6, 6.07) is 0.459. The number of hydrogen-bond acceptors (Lipinski definition) is 7. The summed E-state index contributed by atoms with van der Waals surface area (Å²) in [5.41, 5.74) is -1.02. The number of nitrogens with one attached hydrogen (secondary N) is 2. The van der Waals surface area contributed by atoms with Crippen LogP contribution in [0.2, 0.25) is 0 Å². The lowest BCUT2D eigenvalue weighted by Gasteiger charge is -2.32. The van der Waals surface area contributed by atoms with Crippen LogP contribution in [0, 0.1) is 0 Å². The molecule has 2 rings (SSSR count). The van der Waals surface area contributed by atoms with Crippen LogP contribution in [0.5, 0.6) is 0 Å². The van der Waals surface area contributed by atoms with Gasteiger partial charge in [0.1, 0.15) is 5.82 Å². The van der Waals surface area contributed by atoms with Crippen molar-refractivity contribution >= 4 is 11.8 Å². The lowest BCUT2D eigenvalue weighted by atomic mass is 10.3. The molecule has 0 aromatic carbocycles. The molecule has 0 amide bonds. The van der Waals surface area contributed by atoms with E-state index in [0.29, 0.717) is 6.54 Å². The van der Waals surface area contributed by atoms with Gasteiger partial charge in [-0.25, -0.2) is 4.98 Å². The molecule has 0 bridgehead atoms. The quantitative estimate of drug-likeness (QED) is 0.667. The largest absolute Gasteiger partial charge is 0.433 e. The average molecular weight is 362 g/mol. The Morgan fingerprint density at radius 2 is 1.92 bits per heavy atom. The first-order valence-electron chi connectivity index (χ1n) is 8.26. The summed E-state index contributed by atoms with van der Waals surface area (Å²) in [5.74, 6) is -0.0393. The molecular formula is C15H25F3N6O. The fourth-order valence-electron chi connectivity index (χ4n) is 2.43. The van der Waals surface area contributed by atoms with Crippen molar-refractivity contribution in [3.05, 3.63) is 11.8 Å². The maximum atomic E-state index is 13.0. The molecule has 1 atom stereocenters. The minimum atomic E-state index is -4.56. The Kier molecular flexibility index (Phi) is 6.79. The second kappa shape index (κ2) is 8.63. The smallest absolute Gasteiger partial charge is 0.394 e. The molecule has 1 aromatic rings. The van der Waals surface area contributed by atoms with Gasteiger partial charge in [-0.05, 0) is 14.0 Å². The third-order valence-electron chi connectivity index (χ3n) is 4.00. The van der Waals surface area contributed by atoms with Crippen molar-refractivity contribution in [2.45, 2.75) is 19.1 Å². The molecule has 1 saturated heterocycles. The van der Waals surface area contributed by atoms with Gasteiger partial charge in [-0.1, -0.05) is 0 Å². The van der Waals surface area contributed by atoms with Crippen LogP contribution in [-0.2, 0) is 6.18 Å². The number of nitrogens with zero attached hydrogens (tertiary/aromatic N) is 4. The van der Waals surface area contributed by atoms with E-state index in [1.807, 2.05) is 0 Å². The van der Waals surface area contributed by atoms with Crippen LogP contribution in [-0.4, -0.2) is 83.8 Å². The Labute approximate surface area is 145 Å². The molecule has 1 aliphatic rings. The number of aromatic nitrogens is 2. The van der Waals surface area contributed by atoms with Gasteiger partial charge in [-0.15, -0.1) is 0 Å². The van der Waals surface area contributed by atoms with Gasteiger partial charge in [-0.2, -0.15) is 18.2 Å². The first kappa shape index (κ1) is 19.7. The first-order chi connectivity index (χ1) is 11.8. The maximum Gasteiger partial charge on any atom is 0.433 e. The molecule has 142 valence electrons. The number of piperazine rings is 1. The Morgan fingerprint density at radius 3 is 2.52 bits per heavy atom. The fraction of sp³-hybridized carbons (Fsp3) is 0.733. The Balaban J connectivity index is 1.99. The van der Waals surface area contributed by atoms with Crippen LogP contribution in [0.4, 0.5) is 24.9 Å². The molecule has 0 aliphatic carbocycles. The molecule has 25 heavy (non-hydrogen) atoms. The van der Waals surface area contributed by atoms with Crippen LogP contribution < -0.4 is 10.6 Å². The minimum absolute atomic E-state index is 0.115. The fourth-order valence-corrected chi connectivity index (χ4v) is 2.43. The normalized spacial score (nSPS) is 18.2. The zero-order chi connectivity index (χ0) is 18.4. The molecule has 10 heteroatoms. The molecule has 3 N–H and O–H groups in total. The van der Waals surface area contributed by atoms with Gasteiger partial charge in [0, 0.05) is 51.4 Å². The van der Waals surface area contributed by atoms with Crippen molar-refractivity contribution in [1.82, 2.24) is 19.8 Å². The van der Waals surface area contributed by atoms with Gasteiger partial charge in [-0.3, -0.25) is 4.90 Å². The first-order valence-corrected chi connectivity index (χ1v) is 8.26. The Bertz CT molecular complexity index is 549. The van der Waals surface area contributed by atoms with E-state index < -0.39 is 17.9 Å². The summed E-state index contributed by atoms with van der Waals surface area (Å²) < 4.78 is 39.0. The van der Waals surface area contributed by atoms with Gasteiger partial charge in [0.05, 0.1) is 6.61 Å². The highest BCUT2D eigenvalue weighted by Crippen LogP contribution is 2.29. The van der Waals surface area contributed by atoms with Crippen molar-refractivity contribution in [2.24, 2.45) is 0 Å². The monoisotopic (exact) mass is 362 g/mol. The standard InChI is InChI=1S/C15H25F3N6O/c1-11(10-25)20-14-21-12(15(16,17)18)9-13(22-14)19-3-4-24-7-5-23(2)6-8-24/h9,11,25H,3-8,10H2,1-2H3,(H2,19,20,21,22)/t11-/m0/s1. The summed E-state index contributed by atoms with van der Waals surface area (Å²) in [5, 5.41) is 14.6. The molecule has 2 heterocycles. The van der Waals surface area contributed by atoms with Gasteiger partial charge in [0.25, 0.3) is 0 Å². The van der Waals surface area contributed by atoms with Gasteiger partial charge >= 0.3 is 6.18 Å². The zero-order valence-electron chi connectivity index (χ0n) is 14.5. The highest BCUT2D eigenvalue weighted by Gasteiger charge is 2.33. The van der Waals surface area contributed by atoms with Gasteiger partial charge < -0.3 is 20.6 Å². The van der Waals surface area contributed by atoms with E-state index in [2.05, 4.69) is 37.4 Å². The third-order valence-corrected chi connectivity index (χ3v) is 4.00. The Hall–Kier alpha value is -1.65. The van der Waals surface area contributed by atoms with E-state index >= 15 is 0 Å². The number of rotatable bonds is 7. The van der Waals surface area contributed by atoms with Crippen molar-refractivity contribution in [3.63, 3.8) is 0 Å². The average Bonchev–Trinajstić information content (AvgIpc) is 2.55. The molecule has 7 nitrogen and oxygen atoms in total. The molecule has 1 aromatic heterocycles. The van der Waals surface area contributed by atoms with Crippen molar-refractivity contribution in [1.29, 1.82) is 0 Å². The summed E-state index contributed by atoms with van der Waals surface area (Å²) in [6.45, 7) is 6.47. The van der Waals surface area contributed by atoms with Crippen LogP contribution in [0.25, 0.3) is 0 Å². The Morgan fingerprint density at radius 1 is 1.24 bits per heavy atom. The predicted molar refractivity (Wildman–Crippen MR) is 89.6 cm³/mol. The lowest BCUT2D eigenvalue weighted by Crippen LogP contribution is -2.45. The molecular weight excluding hydrogens is 337 g/mol. The number of halogens is 3. The maximum absolute atomic E-state index is 13.0. The van der Waals surface area contributed by atoms with Gasteiger partial charge in [0.15, 0.2) is 5.69 Å². The number of hydrogen-bond donors (Lipinski definition) is 3. The van der Waals surface area contributed by atoms with E-state index in [9.17, 15) is 13.2 Å². The zero-order valence-corrected chi connectivity index (χ0v) is 14.5. The molecule has 0 spiro atoms. The minimum Gasteiger partial charge on any atom is -0.394 e.